The molecule has 1 aromatic carbocycles. The van der Waals surface area contributed by atoms with Crippen molar-refractivity contribution in [2.45, 2.75) is 24.3 Å². The lowest BCUT2D eigenvalue weighted by Gasteiger charge is -1.99. The van der Waals surface area contributed by atoms with E-state index >= 15 is 0 Å². The van der Waals surface area contributed by atoms with Crippen molar-refractivity contribution in [2.24, 2.45) is 5.73 Å². The zero-order valence-electron chi connectivity index (χ0n) is 10.6. The minimum atomic E-state index is -4.02. The molecule has 1 atom stereocenters. The second-order valence-electron chi connectivity index (χ2n) is 3.83. The molecule has 0 fully saturated rings. The van der Waals surface area contributed by atoms with Crippen molar-refractivity contribution in [3.05, 3.63) is 29.8 Å². The summed E-state index contributed by atoms with van der Waals surface area (Å²) in [6, 6.07) is 4.70. The minimum Gasteiger partial charge on any atom is -0.481 e. The topological polar surface area (TPSA) is 155 Å². The molecule has 1 aromatic rings. The average molecular weight is 305 g/mol. The summed E-state index contributed by atoms with van der Waals surface area (Å²) >= 11 is 0. The first-order chi connectivity index (χ1) is 9.04. The highest BCUT2D eigenvalue weighted by Crippen LogP contribution is 2.08. The van der Waals surface area contributed by atoms with Gasteiger partial charge in [-0.2, -0.15) is 8.42 Å². The third kappa shape index (κ3) is 7.46. The highest BCUT2D eigenvalue weighted by Gasteiger charge is 2.14. The molecule has 112 valence electrons. The van der Waals surface area contributed by atoms with Gasteiger partial charge in [0.05, 0.1) is 11.3 Å². The molecule has 0 radical (unpaired) electrons. The molecule has 0 saturated heterocycles. The third-order valence-corrected chi connectivity index (χ3v) is 2.90. The predicted octanol–water partition coefficient (Wildman–Crippen LogP) is 0.115. The van der Waals surface area contributed by atoms with Gasteiger partial charge in [-0.05, 0) is 19.1 Å². The minimum absolute atomic E-state index is 0.0666. The molecule has 5 N–H and O–H groups in total. The molecular weight excluding hydrogens is 290 g/mol. The lowest BCUT2D eigenvalue weighted by molar-refractivity contribution is -0.144. The summed E-state index contributed by atoms with van der Waals surface area (Å²) in [7, 11) is -4.02. The van der Waals surface area contributed by atoms with Crippen LogP contribution in [-0.2, 0) is 19.7 Å². The second-order valence-corrected chi connectivity index (χ2v) is 5.25. The number of rotatable bonds is 4. The molecule has 0 bridgehead atoms. The standard InChI is InChI=1S/C7H8O3S.C4H7NO4/c1-6-2-4-7(5-3-6)11(8,9)10;5-2(4(8)9)1-3(6)7/h2-5H,1H3,(H,8,9,10);2H,1,5H2,(H,6,7)(H,8,9). The Morgan fingerprint density at radius 3 is 1.90 bits per heavy atom. The van der Waals surface area contributed by atoms with E-state index < -0.39 is 34.5 Å². The summed E-state index contributed by atoms with van der Waals surface area (Å²) in [6.07, 6.45) is -0.532. The first-order valence-electron chi connectivity index (χ1n) is 5.28. The van der Waals surface area contributed by atoms with E-state index in [0.717, 1.165) is 5.56 Å². The van der Waals surface area contributed by atoms with Gasteiger partial charge in [0.15, 0.2) is 0 Å². The molecule has 0 spiro atoms. The molecule has 1 rings (SSSR count). The fraction of sp³-hybridized carbons (Fsp3) is 0.273. The van der Waals surface area contributed by atoms with Crippen molar-refractivity contribution in [2.75, 3.05) is 0 Å². The van der Waals surface area contributed by atoms with E-state index in [-0.39, 0.29) is 4.90 Å². The Morgan fingerprint density at radius 1 is 1.20 bits per heavy atom. The van der Waals surface area contributed by atoms with Crippen LogP contribution in [0.25, 0.3) is 0 Å². The quantitative estimate of drug-likeness (QED) is 0.571. The van der Waals surface area contributed by atoms with Gasteiger partial charge in [-0.15, -0.1) is 0 Å². The maximum absolute atomic E-state index is 10.5. The molecule has 9 heteroatoms. The molecule has 1 unspecified atom stereocenters. The summed E-state index contributed by atoms with van der Waals surface area (Å²) < 4.78 is 29.6. The van der Waals surface area contributed by atoms with Crippen LogP contribution >= 0.6 is 0 Å². The van der Waals surface area contributed by atoms with Gasteiger partial charge in [-0.1, -0.05) is 17.7 Å². The van der Waals surface area contributed by atoms with E-state index in [1.807, 2.05) is 6.92 Å². The van der Waals surface area contributed by atoms with Gasteiger partial charge in [0.2, 0.25) is 0 Å². The van der Waals surface area contributed by atoms with Crippen LogP contribution in [0.1, 0.15) is 12.0 Å². The fourth-order valence-electron chi connectivity index (χ4n) is 0.986. The second kappa shape index (κ2) is 7.58. The number of hydrogen-bond donors (Lipinski definition) is 4. The van der Waals surface area contributed by atoms with Crippen molar-refractivity contribution < 1.29 is 32.8 Å². The van der Waals surface area contributed by atoms with Crippen LogP contribution in [-0.4, -0.2) is 41.2 Å². The van der Waals surface area contributed by atoms with Crippen LogP contribution in [0.3, 0.4) is 0 Å². The van der Waals surface area contributed by atoms with Gasteiger partial charge < -0.3 is 15.9 Å². The zero-order valence-corrected chi connectivity index (χ0v) is 11.4. The van der Waals surface area contributed by atoms with Crippen LogP contribution in [0.2, 0.25) is 0 Å². The van der Waals surface area contributed by atoms with Crippen LogP contribution < -0.4 is 5.73 Å². The number of nitrogens with two attached hydrogens (primary N) is 1. The lowest BCUT2D eigenvalue weighted by atomic mass is 10.2. The summed E-state index contributed by atoms with van der Waals surface area (Å²) in [6.45, 7) is 1.84. The van der Waals surface area contributed by atoms with Gasteiger partial charge in [-0.25, -0.2) is 0 Å². The van der Waals surface area contributed by atoms with Crippen LogP contribution in [0.15, 0.2) is 29.2 Å². The summed E-state index contributed by atoms with van der Waals surface area (Å²) in [5.74, 6) is -2.50. The van der Waals surface area contributed by atoms with E-state index in [1.165, 1.54) is 12.1 Å². The van der Waals surface area contributed by atoms with Gasteiger partial charge in [0, 0.05) is 0 Å². The molecule has 0 aliphatic rings. The van der Waals surface area contributed by atoms with Gasteiger partial charge in [0.1, 0.15) is 6.04 Å². The Bertz CT molecular complexity index is 565. The van der Waals surface area contributed by atoms with Crippen molar-refractivity contribution in [1.82, 2.24) is 0 Å². The molecule has 8 nitrogen and oxygen atoms in total. The number of aryl methyl sites for hydroxylation is 1. The normalized spacial score (nSPS) is 11.9. The number of benzene rings is 1. The van der Waals surface area contributed by atoms with E-state index in [0.29, 0.717) is 0 Å². The molecule has 0 aliphatic carbocycles. The monoisotopic (exact) mass is 305 g/mol. The average Bonchev–Trinajstić information content (AvgIpc) is 2.28. The zero-order chi connectivity index (χ0) is 15.9. The van der Waals surface area contributed by atoms with Crippen LogP contribution in [0.5, 0.6) is 0 Å². The van der Waals surface area contributed by atoms with Gasteiger partial charge in [-0.3, -0.25) is 14.1 Å². The first-order valence-corrected chi connectivity index (χ1v) is 6.72. The van der Waals surface area contributed by atoms with Crippen molar-refractivity contribution in [3.8, 4) is 0 Å². The number of aliphatic carboxylic acids is 2. The van der Waals surface area contributed by atoms with E-state index in [1.54, 1.807) is 12.1 Å². The van der Waals surface area contributed by atoms with Crippen LogP contribution in [0, 0.1) is 6.92 Å². The summed E-state index contributed by atoms with van der Waals surface area (Å²) in [4.78, 5) is 19.6. The Kier molecular flexibility index (Phi) is 6.83. The SMILES string of the molecule is Cc1ccc(S(=O)(=O)O)cc1.NC(CC(=O)O)C(=O)O. The van der Waals surface area contributed by atoms with E-state index in [4.69, 9.17) is 20.5 Å². The Labute approximate surface area is 115 Å². The van der Waals surface area contributed by atoms with Crippen molar-refractivity contribution in [1.29, 1.82) is 0 Å². The molecule has 0 aliphatic heterocycles. The summed E-state index contributed by atoms with van der Waals surface area (Å²) in [5.41, 5.74) is 5.79. The third-order valence-electron chi connectivity index (χ3n) is 2.03. The molecule has 0 amide bonds. The molecule has 0 aromatic heterocycles. The lowest BCUT2D eigenvalue weighted by Crippen LogP contribution is -2.32. The first kappa shape index (κ1) is 18.0. The number of carboxylic acids is 2. The molecule has 20 heavy (non-hydrogen) atoms. The van der Waals surface area contributed by atoms with Crippen molar-refractivity contribution >= 4 is 22.1 Å². The van der Waals surface area contributed by atoms with Crippen molar-refractivity contribution in [3.63, 3.8) is 0 Å². The Balaban J connectivity index is 0.000000370. The number of carbonyl (C=O) groups is 2. The largest absolute Gasteiger partial charge is 0.481 e. The number of hydrogen-bond acceptors (Lipinski definition) is 5. The van der Waals surface area contributed by atoms with E-state index in [9.17, 15) is 18.0 Å². The number of carboxylic acid groups (broad SMARTS) is 2. The molecular formula is C11H15NO7S. The maximum Gasteiger partial charge on any atom is 0.321 e. The maximum atomic E-state index is 10.5. The van der Waals surface area contributed by atoms with Crippen LogP contribution in [0.4, 0.5) is 0 Å². The molecule has 0 heterocycles. The Hall–Kier alpha value is -1.97. The van der Waals surface area contributed by atoms with Gasteiger partial charge in [0.25, 0.3) is 10.1 Å². The summed E-state index contributed by atoms with van der Waals surface area (Å²) in [5, 5.41) is 16.0. The fourth-order valence-corrected chi connectivity index (χ4v) is 1.47. The predicted molar refractivity (Wildman–Crippen MR) is 68.9 cm³/mol. The highest BCUT2D eigenvalue weighted by atomic mass is 32.2. The van der Waals surface area contributed by atoms with E-state index in [2.05, 4.69) is 0 Å². The Morgan fingerprint density at radius 2 is 1.65 bits per heavy atom. The van der Waals surface area contributed by atoms with Gasteiger partial charge >= 0.3 is 11.9 Å². The molecule has 0 saturated carbocycles. The smallest absolute Gasteiger partial charge is 0.321 e. The highest BCUT2D eigenvalue weighted by molar-refractivity contribution is 7.85.